The lowest BCUT2D eigenvalue weighted by atomic mass is 10.0. The van der Waals surface area contributed by atoms with Crippen molar-refractivity contribution >= 4 is 29.4 Å². The number of carbonyl (C=O) groups is 3. The Kier molecular flexibility index (Phi) is 13.6. The number of benzene rings is 3. The van der Waals surface area contributed by atoms with E-state index in [1.807, 2.05) is 12.1 Å². The fourth-order valence-corrected chi connectivity index (χ4v) is 3.94. The van der Waals surface area contributed by atoms with E-state index in [4.69, 9.17) is 31.4 Å². The molecule has 0 radical (unpaired) electrons. The number of alkyl halides is 6. The van der Waals surface area contributed by atoms with Crippen LogP contribution in [0.25, 0.3) is 11.1 Å². The van der Waals surface area contributed by atoms with Gasteiger partial charge in [0.2, 0.25) is 0 Å². The van der Waals surface area contributed by atoms with Crippen LogP contribution in [0, 0.1) is 0 Å². The van der Waals surface area contributed by atoms with Crippen molar-refractivity contribution in [3.8, 4) is 11.1 Å². The van der Waals surface area contributed by atoms with Crippen LogP contribution in [-0.4, -0.2) is 71.5 Å². The quantitative estimate of drug-likeness (QED) is 0.257. The van der Waals surface area contributed by atoms with Crippen molar-refractivity contribution in [2.24, 2.45) is 0 Å². The largest absolute Gasteiger partial charge is 0.490 e. The number of piperazine rings is 1. The number of hydrogen-bond donors (Lipinski definition) is 4. The summed E-state index contributed by atoms with van der Waals surface area (Å²) in [6.07, 6.45) is -10.2. The monoisotopic (exact) mass is 647 g/mol. The summed E-state index contributed by atoms with van der Waals surface area (Å²) in [6.45, 7) is 5.74. The van der Waals surface area contributed by atoms with Crippen LogP contribution in [0.2, 0.25) is 5.02 Å². The normalized spacial score (nSPS) is 13.4. The Hall–Kier alpha value is -4.14. The van der Waals surface area contributed by atoms with Crippen molar-refractivity contribution in [1.82, 2.24) is 15.5 Å². The van der Waals surface area contributed by atoms with Crippen LogP contribution in [-0.2, 0) is 22.7 Å². The number of carboxylic acid groups (broad SMARTS) is 2. The number of nitrogens with one attached hydrogen (secondary N) is 2. The minimum absolute atomic E-state index is 0.124. The number of carboxylic acids is 2. The number of nitrogens with zero attached hydrogens (tertiary/aromatic N) is 1. The number of halogens is 7. The van der Waals surface area contributed by atoms with Crippen LogP contribution in [0.5, 0.6) is 0 Å². The second-order valence-electron chi connectivity index (χ2n) is 9.23. The first-order chi connectivity index (χ1) is 20.6. The predicted molar refractivity (Wildman–Crippen MR) is 150 cm³/mol. The molecule has 1 heterocycles. The molecule has 0 bridgehead atoms. The molecule has 4 rings (SSSR count). The molecule has 1 aliphatic heterocycles. The maximum absolute atomic E-state index is 12.4. The van der Waals surface area contributed by atoms with Gasteiger partial charge in [0.25, 0.3) is 5.91 Å². The second-order valence-corrected chi connectivity index (χ2v) is 9.66. The molecule has 0 aliphatic carbocycles. The van der Waals surface area contributed by atoms with Crippen molar-refractivity contribution in [3.63, 3.8) is 0 Å². The molecule has 0 unspecified atom stereocenters. The molecule has 1 amide bonds. The molecule has 0 atom stereocenters. The Morgan fingerprint density at radius 1 is 0.773 bits per heavy atom. The van der Waals surface area contributed by atoms with Gasteiger partial charge in [-0.15, -0.1) is 0 Å². The van der Waals surface area contributed by atoms with Crippen molar-refractivity contribution < 1.29 is 50.9 Å². The van der Waals surface area contributed by atoms with E-state index in [-0.39, 0.29) is 5.91 Å². The van der Waals surface area contributed by atoms with E-state index in [0.717, 1.165) is 43.9 Å². The minimum atomic E-state index is -5.08. The Labute approximate surface area is 253 Å². The molecule has 1 aliphatic rings. The van der Waals surface area contributed by atoms with E-state index >= 15 is 0 Å². The third kappa shape index (κ3) is 13.0. The first-order valence-corrected chi connectivity index (χ1v) is 13.2. The van der Waals surface area contributed by atoms with Crippen LogP contribution < -0.4 is 10.6 Å². The van der Waals surface area contributed by atoms with Crippen molar-refractivity contribution in [3.05, 3.63) is 94.5 Å². The van der Waals surface area contributed by atoms with Gasteiger partial charge in [0.1, 0.15) is 0 Å². The predicted octanol–water partition coefficient (Wildman–Crippen LogP) is 5.61. The summed E-state index contributed by atoms with van der Waals surface area (Å²) < 4.78 is 63.5. The van der Waals surface area contributed by atoms with Gasteiger partial charge in [-0.05, 0) is 52.6 Å². The lowest BCUT2D eigenvalue weighted by molar-refractivity contribution is -0.193. The Morgan fingerprint density at radius 3 is 1.75 bits per heavy atom. The molecule has 15 heteroatoms. The highest BCUT2D eigenvalue weighted by Crippen LogP contribution is 2.23. The lowest BCUT2D eigenvalue weighted by Gasteiger charge is -2.27. The average molecular weight is 648 g/mol. The van der Waals surface area contributed by atoms with Gasteiger partial charge in [-0.1, -0.05) is 54.1 Å². The van der Waals surface area contributed by atoms with Gasteiger partial charge >= 0.3 is 24.3 Å². The summed E-state index contributed by atoms with van der Waals surface area (Å²) in [7, 11) is 0. The molecule has 4 N–H and O–H groups in total. The summed E-state index contributed by atoms with van der Waals surface area (Å²) in [4.78, 5) is 32.7. The van der Waals surface area contributed by atoms with Crippen LogP contribution in [0.3, 0.4) is 0 Å². The smallest absolute Gasteiger partial charge is 0.475 e. The van der Waals surface area contributed by atoms with Crippen molar-refractivity contribution in [2.75, 3.05) is 26.2 Å². The molecular weight excluding hydrogens is 620 g/mol. The summed E-state index contributed by atoms with van der Waals surface area (Å²) in [5, 5.41) is 21.2. The molecule has 8 nitrogen and oxygen atoms in total. The molecule has 0 spiro atoms. The Bertz CT molecular complexity index is 1390. The molecule has 0 saturated carbocycles. The SMILES string of the molecule is O=C(NCc1cccc(-c2cccc(CN3CCNCC3)c2)c1)c1cccc(Cl)c1.O=C(O)C(F)(F)F.O=C(O)C(F)(F)F. The van der Waals surface area contributed by atoms with E-state index in [0.29, 0.717) is 17.1 Å². The number of rotatable bonds is 6. The maximum Gasteiger partial charge on any atom is 0.490 e. The molecule has 1 fully saturated rings. The van der Waals surface area contributed by atoms with Crippen LogP contribution in [0.4, 0.5) is 26.3 Å². The third-order valence-corrected chi connectivity index (χ3v) is 6.06. The number of amides is 1. The van der Waals surface area contributed by atoms with Crippen LogP contribution in [0.1, 0.15) is 21.5 Å². The standard InChI is InChI=1S/C25H26ClN3O.2C2HF3O2/c26-24-9-3-8-23(16-24)25(30)28-17-19-4-1-6-21(14-19)22-7-2-5-20(15-22)18-29-12-10-27-11-13-29;2*3-2(4,5)1(6)7/h1-9,14-16,27H,10-13,17-18H2,(H,28,30);2*(H,6,7). The van der Waals surface area contributed by atoms with E-state index < -0.39 is 24.3 Å². The fourth-order valence-electron chi connectivity index (χ4n) is 3.75. The van der Waals surface area contributed by atoms with Gasteiger partial charge in [-0.3, -0.25) is 9.69 Å². The molecule has 0 aromatic heterocycles. The average Bonchev–Trinajstić information content (AvgIpc) is 2.96. The number of hydrogen-bond acceptors (Lipinski definition) is 5. The van der Waals surface area contributed by atoms with Crippen molar-refractivity contribution in [2.45, 2.75) is 25.4 Å². The van der Waals surface area contributed by atoms with E-state index in [1.54, 1.807) is 24.3 Å². The highest BCUT2D eigenvalue weighted by atomic mass is 35.5. The lowest BCUT2D eigenvalue weighted by Crippen LogP contribution is -2.42. The minimum Gasteiger partial charge on any atom is -0.475 e. The Balaban J connectivity index is 0.000000402. The van der Waals surface area contributed by atoms with Gasteiger partial charge in [0.05, 0.1) is 0 Å². The first kappa shape index (κ1) is 36.1. The maximum atomic E-state index is 12.4. The van der Waals surface area contributed by atoms with Gasteiger partial charge in [0.15, 0.2) is 0 Å². The highest BCUT2D eigenvalue weighted by Gasteiger charge is 2.38. The summed E-state index contributed by atoms with van der Waals surface area (Å²) in [6, 6.07) is 24.1. The molecule has 238 valence electrons. The van der Waals surface area contributed by atoms with E-state index in [1.165, 1.54) is 11.1 Å². The van der Waals surface area contributed by atoms with Gasteiger partial charge in [-0.25, -0.2) is 9.59 Å². The molecular formula is C29H28ClF6N3O5. The molecule has 3 aromatic rings. The summed E-state index contributed by atoms with van der Waals surface area (Å²) in [5.74, 6) is -5.64. The number of aliphatic carboxylic acids is 2. The molecule has 3 aromatic carbocycles. The molecule has 44 heavy (non-hydrogen) atoms. The zero-order valence-corrected chi connectivity index (χ0v) is 23.6. The van der Waals surface area contributed by atoms with Gasteiger partial charge in [-0.2, -0.15) is 26.3 Å². The third-order valence-electron chi connectivity index (χ3n) is 5.83. The summed E-state index contributed by atoms with van der Waals surface area (Å²) in [5.41, 5.74) is 5.32. The fraction of sp³-hybridized carbons (Fsp3) is 0.276. The number of carbonyl (C=O) groups excluding carboxylic acids is 1. The van der Waals surface area contributed by atoms with Gasteiger partial charge < -0.3 is 20.8 Å². The zero-order chi connectivity index (χ0) is 32.9. The highest BCUT2D eigenvalue weighted by molar-refractivity contribution is 6.30. The summed E-state index contributed by atoms with van der Waals surface area (Å²) >= 11 is 5.98. The van der Waals surface area contributed by atoms with Gasteiger partial charge in [0, 0.05) is 49.9 Å². The molecule has 1 saturated heterocycles. The van der Waals surface area contributed by atoms with E-state index in [2.05, 4.69) is 51.9 Å². The Morgan fingerprint density at radius 2 is 1.25 bits per heavy atom. The van der Waals surface area contributed by atoms with Crippen LogP contribution in [0.15, 0.2) is 72.8 Å². The van der Waals surface area contributed by atoms with Crippen molar-refractivity contribution in [1.29, 1.82) is 0 Å². The zero-order valence-electron chi connectivity index (χ0n) is 22.9. The topological polar surface area (TPSA) is 119 Å². The first-order valence-electron chi connectivity index (χ1n) is 12.8. The second kappa shape index (κ2) is 16.6. The van der Waals surface area contributed by atoms with Crippen LogP contribution >= 0.6 is 11.6 Å². The van der Waals surface area contributed by atoms with E-state index in [9.17, 15) is 31.1 Å².